The van der Waals surface area contributed by atoms with E-state index in [1.165, 1.54) is 0 Å². The van der Waals surface area contributed by atoms with Crippen molar-refractivity contribution >= 4 is 0 Å². The molecule has 0 aliphatic carbocycles. The Bertz CT molecular complexity index is 396. The fourth-order valence-corrected chi connectivity index (χ4v) is 1.41. The van der Waals surface area contributed by atoms with Gasteiger partial charge < -0.3 is 19.9 Å². The Morgan fingerprint density at radius 3 is 2.53 bits per heavy atom. The molecule has 0 amide bonds. The summed E-state index contributed by atoms with van der Waals surface area (Å²) in [6.07, 6.45) is -4.38. The van der Waals surface area contributed by atoms with Gasteiger partial charge in [0.25, 0.3) is 0 Å². The molecule has 1 aromatic carbocycles. The summed E-state index contributed by atoms with van der Waals surface area (Å²) in [5.41, 5.74) is 6.17. The first-order chi connectivity index (χ1) is 8.98. The maximum Gasteiger partial charge on any atom is 0.411 e. The predicted molar refractivity (Wildman–Crippen MR) is 63.0 cm³/mol. The molecule has 7 heteroatoms. The normalized spacial score (nSPS) is 11.4. The van der Waals surface area contributed by atoms with Crippen LogP contribution in [0.5, 0.6) is 11.5 Å². The van der Waals surface area contributed by atoms with Crippen LogP contribution in [-0.2, 0) is 11.3 Å². The Labute approximate surface area is 109 Å². The van der Waals surface area contributed by atoms with Gasteiger partial charge in [-0.2, -0.15) is 13.2 Å². The number of nitrogens with two attached hydrogens (primary N) is 1. The lowest BCUT2D eigenvalue weighted by Crippen LogP contribution is -2.19. The molecule has 19 heavy (non-hydrogen) atoms. The van der Waals surface area contributed by atoms with Gasteiger partial charge in [0.2, 0.25) is 0 Å². The number of halogens is 3. The average molecular weight is 279 g/mol. The Kier molecular flexibility index (Phi) is 5.91. The SMILES string of the molecule is CCOc1cccc(CN)c1OCOCC(F)(F)F. The fourth-order valence-electron chi connectivity index (χ4n) is 1.41. The van der Waals surface area contributed by atoms with Gasteiger partial charge in [-0.1, -0.05) is 12.1 Å². The summed E-state index contributed by atoms with van der Waals surface area (Å²) in [6, 6.07) is 5.10. The monoisotopic (exact) mass is 279 g/mol. The van der Waals surface area contributed by atoms with Crippen LogP contribution in [0.2, 0.25) is 0 Å². The molecule has 1 rings (SSSR count). The van der Waals surface area contributed by atoms with Crippen molar-refractivity contribution in [3.8, 4) is 11.5 Å². The lowest BCUT2D eigenvalue weighted by Gasteiger charge is -2.15. The molecule has 0 saturated carbocycles. The quantitative estimate of drug-likeness (QED) is 0.615. The average Bonchev–Trinajstić information content (AvgIpc) is 2.35. The first-order valence-electron chi connectivity index (χ1n) is 5.70. The lowest BCUT2D eigenvalue weighted by atomic mass is 10.2. The number of alkyl halides is 3. The molecule has 0 saturated heterocycles. The van der Waals surface area contributed by atoms with Gasteiger partial charge in [0.05, 0.1) is 6.61 Å². The van der Waals surface area contributed by atoms with Crippen molar-refractivity contribution in [2.45, 2.75) is 19.6 Å². The van der Waals surface area contributed by atoms with Crippen molar-refractivity contribution < 1.29 is 27.4 Å². The van der Waals surface area contributed by atoms with Crippen molar-refractivity contribution in [2.75, 3.05) is 20.0 Å². The van der Waals surface area contributed by atoms with Gasteiger partial charge >= 0.3 is 6.18 Å². The lowest BCUT2D eigenvalue weighted by molar-refractivity contribution is -0.186. The molecular weight excluding hydrogens is 263 g/mol. The maximum absolute atomic E-state index is 11.9. The van der Waals surface area contributed by atoms with Gasteiger partial charge in [0.15, 0.2) is 18.3 Å². The van der Waals surface area contributed by atoms with Crippen LogP contribution in [0.4, 0.5) is 13.2 Å². The van der Waals surface area contributed by atoms with Crippen LogP contribution >= 0.6 is 0 Å². The number of hydrogen-bond donors (Lipinski definition) is 1. The van der Waals surface area contributed by atoms with E-state index < -0.39 is 19.6 Å². The van der Waals surface area contributed by atoms with Crippen molar-refractivity contribution in [3.05, 3.63) is 23.8 Å². The van der Waals surface area contributed by atoms with Gasteiger partial charge in [-0.05, 0) is 13.0 Å². The molecule has 108 valence electrons. The van der Waals surface area contributed by atoms with E-state index in [-0.39, 0.29) is 6.54 Å². The van der Waals surface area contributed by atoms with E-state index in [0.717, 1.165) is 0 Å². The highest BCUT2D eigenvalue weighted by molar-refractivity contribution is 5.46. The topological polar surface area (TPSA) is 53.7 Å². The largest absolute Gasteiger partial charge is 0.490 e. The van der Waals surface area contributed by atoms with E-state index in [2.05, 4.69) is 4.74 Å². The number of rotatable bonds is 7. The first-order valence-corrected chi connectivity index (χ1v) is 5.70. The summed E-state index contributed by atoms with van der Waals surface area (Å²) < 4.78 is 50.6. The second-order valence-corrected chi connectivity index (χ2v) is 3.61. The van der Waals surface area contributed by atoms with E-state index in [1.54, 1.807) is 25.1 Å². The zero-order valence-corrected chi connectivity index (χ0v) is 10.5. The van der Waals surface area contributed by atoms with Crippen molar-refractivity contribution in [1.82, 2.24) is 0 Å². The van der Waals surface area contributed by atoms with E-state index >= 15 is 0 Å². The molecule has 0 unspecified atom stereocenters. The molecule has 4 nitrogen and oxygen atoms in total. The number of ether oxygens (including phenoxy) is 3. The smallest absolute Gasteiger partial charge is 0.411 e. The van der Waals surface area contributed by atoms with Gasteiger partial charge in [-0.3, -0.25) is 0 Å². The van der Waals surface area contributed by atoms with Crippen LogP contribution in [0, 0.1) is 0 Å². The molecule has 0 aliphatic rings. The van der Waals surface area contributed by atoms with Gasteiger partial charge in [-0.15, -0.1) is 0 Å². The highest BCUT2D eigenvalue weighted by Crippen LogP contribution is 2.31. The summed E-state index contributed by atoms with van der Waals surface area (Å²) in [5.74, 6) is 0.745. The van der Waals surface area contributed by atoms with Gasteiger partial charge in [-0.25, -0.2) is 0 Å². The van der Waals surface area contributed by atoms with Gasteiger partial charge in [0, 0.05) is 12.1 Å². The summed E-state index contributed by atoms with van der Waals surface area (Å²) in [7, 11) is 0. The molecule has 0 aromatic heterocycles. The minimum atomic E-state index is -4.38. The number of benzene rings is 1. The summed E-state index contributed by atoms with van der Waals surface area (Å²) in [6.45, 7) is 0.515. The second kappa shape index (κ2) is 7.20. The van der Waals surface area contributed by atoms with Crippen LogP contribution < -0.4 is 15.2 Å². The summed E-state index contributed by atoms with van der Waals surface area (Å²) in [5, 5.41) is 0. The van der Waals surface area contributed by atoms with E-state index in [9.17, 15) is 13.2 Å². The molecular formula is C12H16F3NO3. The Morgan fingerprint density at radius 2 is 1.95 bits per heavy atom. The zero-order chi connectivity index (χ0) is 14.3. The van der Waals surface area contributed by atoms with E-state index in [0.29, 0.717) is 23.7 Å². The minimum Gasteiger partial charge on any atom is -0.490 e. The second-order valence-electron chi connectivity index (χ2n) is 3.61. The minimum absolute atomic E-state index is 0.190. The highest BCUT2D eigenvalue weighted by Gasteiger charge is 2.27. The Balaban J connectivity index is 2.64. The third kappa shape index (κ3) is 5.35. The molecule has 2 N–H and O–H groups in total. The van der Waals surface area contributed by atoms with Crippen LogP contribution in [0.3, 0.4) is 0 Å². The highest BCUT2D eigenvalue weighted by atomic mass is 19.4. The van der Waals surface area contributed by atoms with Crippen LogP contribution in [0.1, 0.15) is 12.5 Å². The molecule has 0 aliphatic heterocycles. The molecule has 0 spiro atoms. The number of para-hydroxylation sites is 1. The van der Waals surface area contributed by atoms with E-state index in [1.807, 2.05) is 0 Å². The Hall–Kier alpha value is -1.47. The fraction of sp³-hybridized carbons (Fsp3) is 0.500. The summed E-state index contributed by atoms with van der Waals surface area (Å²) >= 11 is 0. The van der Waals surface area contributed by atoms with Gasteiger partial charge in [0.1, 0.15) is 6.61 Å². The Morgan fingerprint density at radius 1 is 1.21 bits per heavy atom. The van der Waals surface area contributed by atoms with Crippen LogP contribution in [0.15, 0.2) is 18.2 Å². The third-order valence-corrected chi connectivity index (χ3v) is 2.13. The zero-order valence-electron chi connectivity index (χ0n) is 10.5. The van der Waals surface area contributed by atoms with Crippen molar-refractivity contribution in [2.24, 2.45) is 5.73 Å². The van der Waals surface area contributed by atoms with Crippen molar-refractivity contribution in [1.29, 1.82) is 0 Å². The van der Waals surface area contributed by atoms with Crippen molar-refractivity contribution in [3.63, 3.8) is 0 Å². The molecule has 0 bridgehead atoms. The van der Waals surface area contributed by atoms with Crippen LogP contribution in [-0.4, -0.2) is 26.2 Å². The standard InChI is InChI=1S/C12H16F3NO3/c1-2-18-10-5-3-4-9(6-16)11(10)19-8-17-7-12(13,14)15/h3-5H,2,6-8,16H2,1H3. The number of hydrogen-bond acceptors (Lipinski definition) is 4. The predicted octanol–water partition coefficient (Wildman–Crippen LogP) is 2.46. The molecule has 0 heterocycles. The van der Waals surface area contributed by atoms with E-state index in [4.69, 9.17) is 15.2 Å². The first kappa shape index (κ1) is 15.6. The summed E-state index contributed by atoms with van der Waals surface area (Å²) in [4.78, 5) is 0. The third-order valence-electron chi connectivity index (χ3n) is 2.13. The molecule has 1 aromatic rings. The molecule has 0 radical (unpaired) electrons. The van der Waals surface area contributed by atoms with Crippen LogP contribution in [0.25, 0.3) is 0 Å². The maximum atomic E-state index is 11.9. The molecule has 0 atom stereocenters. The molecule has 0 fully saturated rings.